The molecule has 0 radical (unpaired) electrons. The van der Waals surface area contributed by atoms with Gasteiger partial charge >= 0.3 is 0 Å². The fraction of sp³-hybridized carbons (Fsp3) is 0.375. The van der Waals surface area contributed by atoms with E-state index in [9.17, 15) is 0 Å². The van der Waals surface area contributed by atoms with E-state index >= 15 is 0 Å². The summed E-state index contributed by atoms with van der Waals surface area (Å²) in [6, 6.07) is 1.84. The van der Waals surface area contributed by atoms with Gasteiger partial charge in [0.05, 0.1) is 11.8 Å². The van der Waals surface area contributed by atoms with Crippen LogP contribution in [0.2, 0.25) is 0 Å². The van der Waals surface area contributed by atoms with Gasteiger partial charge in [0.25, 0.3) is 0 Å². The predicted molar refractivity (Wildman–Crippen MR) is 90.1 cm³/mol. The molecule has 7 nitrogen and oxygen atoms in total. The van der Waals surface area contributed by atoms with E-state index in [1.807, 2.05) is 19.9 Å². The first-order chi connectivity index (χ1) is 11.6. The molecular weight excluding hydrogens is 324 g/mol. The molecule has 3 heterocycles. The van der Waals surface area contributed by atoms with Crippen LogP contribution in [-0.4, -0.2) is 24.8 Å². The molecule has 1 aliphatic rings. The summed E-state index contributed by atoms with van der Waals surface area (Å²) < 4.78 is 6.82. The first-order valence-corrected chi connectivity index (χ1v) is 8.74. The lowest BCUT2D eigenvalue weighted by Gasteiger charge is -2.17. The highest BCUT2D eigenvalue weighted by Gasteiger charge is 2.21. The van der Waals surface area contributed by atoms with Gasteiger partial charge in [0, 0.05) is 11.3 Å². The van der Waals surface area contributed by atoms with E-state index in [2.05, 4.69) is 20.2 Å². The zero-order valence-electron chi connectivity index (χ0n) is 13.6. The van der Waals surface area contributed by atoms with Gasteiger partial charge in [0.1, 0.15) is 16.6 Å². The Bertz CT molecular complexity index is 900. The molecule has 0 amide bonds. The molecule has 0 aromatic carbocycles. The Morgan fingerprint density at radius 1 is 1.17 bits per heavy atom. The van der Waals surface area contributed by atoms with Crippen LogP contribution in [0.25, 0.3) is 11.4 Å². The normalized spacial score (nSPS) is 13.9. The van der Waals surface area contributed by atoms with Gasteiger partial charge < -0.3 is 10.3 Å². The lowest BCUT2D eigenvalue weighted by molar-refractivity contribution is 0.535. The maximum atomic E-state index is 6.21. The molecule has 0 aliphatic heterocycles. The van der Waals surface area contributed by atoms with Gasteiger partial charge in [-0.25, -0.2) is 14.6 Å². The van der Waals surface area contributed by atoms with Gasteiger partial charge in [-0.15, -0.1) is 10.2 Å². The van der Waals surface area contributed by atoms with Gasteiger partial charge in [0.2, 0.25) is 5.16 Å². The van der Waals surface area contributed by atoms with Crippen molar-refractivity contribution in [1.82, 2.24) is 24.8 Å². The minimum Gasteiger partial charge on any atom is -0.469 e. The predicted octanol–water partition coefficient (Wildman–Crippen LogP) is 2.69. The lowest BCUT2D eigenvalue weighted by atomic mass is 9.97. The first kappa shape index (κ1) is 15.2. The van der Waals surface area contributed by atoms with Crippen LogP contribution in [0.4, 0.5) is 0 Å². The summed E-state index contributed by atoms with van der Waals surface area (Å²) in [5, 5.41) is 9.99. The lowest BCUT2D eigenvalue weighted by Crippen LogP contribution is -2.13. The number of furan rings is 1. The minimum atomic E-state index is 0.586. The van der Waals surface area contributed by atoms with Gasteiger partial charge in [-0.2, -0.15) is 0 Å². The Hall–Kier alpha value is -2.35. The highest BCUT2D eigenvalue weighted by molar-refractivity contribution is 7.99. The summed E-state index contributed by atoms with van der Waals surface area (Å²) in [6.07, 6.45) is 5.99. The molecule has 124 valence electrons. The summed E-state index contributed by atoms with van der Waals surface area (Å²) in [6.45, 7) is 3.80. The number of aromatic nitrogens is 5. The molecule has 24 heavy (non-hydrogen) atoms. The second-order valence-electron chi connectivity index (χ2n) is 5.88. The van der Waals surface area contributed by atoms with E-state index < -0.39 is 0 Å². The Labute approximate surface area is 143 Å². The molecule has 0 fully saturated rings. The van der Waals surface area contributed by atoms with Gasteiger partial charge in [0.15, 0.2) is 5.82 Å². The Kier molecular flexibility index (Phi) is 3.76. The number of nitrogens with two attached hydrogens (primary N) is 1. The molecule has 0 saturated carbocycles. The molecule has 0 atom stereocenters. The summed E-state index contributed by atoms with van der Waals surface area (Å²) in [7, 11) is 0. The van der Waals surface area contributed by atoms with E-state index in [4.69, 9.17) is 10.3 Å². The third kappa shape index (κ3) is 2.56. The molecule has 0 saturated heterocycles. The van der Waals surface area contributed by atoms with Crippen molar-refractivity contribution < 1.29 is 4.42 Å². The van der Waals surface area contributed by atoms with Crippen molar-refractivity contribution >= 4 is 11.8 Å². The maximum absolute atomic E-state index is 6.21. The van der Waals surface area contributed by atoms with E-state index in [1.165, 1.54) is 34.8 Å². The zero-order chi connectivity index (χ0) is 16.7. The highest BCUT2D eigenvalue weighted by Crippen LogP contribution is 2.33. The van der Waals surface area contributed by atoms with Crippen molar-refractivity contribution in [2.24, 2.45) is 0 Å². The van der Waals surface area contributed by atoms with Crippen molar-refractivity contribution in [2.45, 2.75) is 49.7 Å². The molecule has 0 spiro atoms. The van der Waals surface area contributed by atoms with Crippen LogP contribution in [-0.2, 0) is 12.8 Å². The number of hydrogen-bond acceptors (Lipinski definition) is 7. The number of rotatable bonds is 3. The number of hydrogen-bond donors (Lipinski definition) is 1. The number of nitrogens with zero attached hydrogens (tertiary/aromatic N) is 5. The highest BCUT2D eigenvalue weighted by atomic mass is 32.2. The summed E-state index contributed by atoms with van der Waals surface area (Å²) in [4.78, 5) is 9.19. The average molecular weight is 342 g/mol. The second kappa shape index (κ2) is 5.94. The smallest absolute Gasteiger partial charge is 0.216 e. The first-order valence-electron chi connectivity index (χ1n) is 7.92. The van der Waals surface area contributed by atoms with Crippen LogP contribution in [0.1, 0.15) is 35.7 Å². The van der Waals surface area contributed by atoms with E-state index in [0.29, 0.717) is 11.0 Å². The Balaban J connectivity index is 1.71. The topological polar surface area (TPSA) is 95.7 Å². The number of fused-ring (bicyclic) bond motifs is 1. The fourth-order valence-electron chi connectivity index (χ4n) is 3.00. The minimum absolute atomic E-state index is 0.586. The molecular formula is C16H18N6OS. The third-order valence-electron chi connectivity index (χ3n) is 4.21. The van der Waals surface area contributed by atoms with Crippen molar-refractivity contribution in [3.8, 4) is 11.4 Å². The molecule has 8 heteroatoms. The Morgan fingerprint density at radius 3 is 2.79 bits per heavy atom. The van der Waals surface area contributed by atoms with Gasteiger partial charge in [-0.1, -0.05) is 0 Å². The van der Waals surface area contributed by atoms with Gasteiger partial charge in [-0.05, 0) is 57.4 Å². The van der Waals surface area contributed by atoms with E-state index in [1.54, 1.807) is 6.26 Å². The van der Waals surface area contributed by atoms with Crippen molar-refractivity contribution in [3.05, 3.63) is 35.2 Å². The summed E-state index contributed by atoms with van der Waals surface area (Å²) in [5.41, 5.74) is 3.23. The van der Waals surface area contributed by atoms with Crippen molar-refractivity contribution in [1.29, 1.82) is 0 Å². The van der Waals surface area contributed by atoms with Crippen LogP contribution >= 0.6 is 11.8 Å². The largest absolute Gasteiger partial charge is 0.469 e. The van der Waals surface area contributed by atoms with Crippen LogP contribution in [0.5, 0.6) is 0 Å². The second-order valence-corrected chi connectivity index (χ2v) is 6.83. The van der Waals surface area contributed by atoms with Crippen molar-refractivity contribution in [2.75, 3.05) is 5.84 Å². The number of nitrogen functional groups attached to an aromatic ring is 1. The SMILES string of the molecule is Cc1nc2c(c(Sc3nnc(-c4ccoc4C)n3N)n1)CCCC2. The Morgan fingerprint density at radius 2 is 2.00 bits per heavy atom. The zero-order valence-corrected chi connectivity index (χ0v) is 14.4. The molecule has 3 aromatic heterocycles. The van der Waals surface area contributed by atoms with E-state index in [0.717, 1.165) is 40.7 Å². The molecule has 4 rings (SSSR count). The molecule has 2 N–H and O–H groups in total. The molecule has 0 bridgehead atoms. The van der Waals surface area contributed by atoms with Gasteiger partial charge in [-0.3, -0.25) is 0 Å². The van der Waals surface area contributed by atoms with Crippen molar-refractivity contribution in [3.63, 3.8) is 0 Å². The van der Waals surface area contributed by atoms with Crippen LogP contribution in [0, 0.1) is 13.8 Å². The van der Waals surface area contributed by atoms with E-state index in [-0.39, 0.29) is 0 Å². The third-order valence-corrected chi connectivity index (χ3v) is 5.20. The summed E-state index contributed by atoms with van der Waals surface area (Å²) in [5.74, 6) is 8.35. The molecule has 3 aromatic rings. The fourth-order valence-corrected chi connectivity index (χ4v) is 3.96. The van der Waals surface area contributed by atoms with Crippen LogP contribution in [0.3, 0.4) is 0 Å². The molecule has 1 aliphatic carbocycles. The van der Waals surface area contributed by atoms with Crippen LogP contribution in [0.15, 0.2) is 26.9 Å². The average Bonchev–Trinajstić information content (AvgIpc) is 3.13. The number of aryl methyl sites for hydroxylation is 3. The maximum Gasteiger partial charge on any atom is 0.216 e. The standard InChI is InChI=1S/C16H18N6OS/c1-9-11(7-8-23-9)14-20-21-16(22(14)17)24-15-12-5-3-4-6-13(12)18-10(2)19-15/h7-8H,3-6,17H2,1-2H3. The summed E-state index contributed by atoms with van der Waals surface area (Å²) >= 11 is 1.45. The monoisotopic (exact) mass is 342 g/mol. The van der Waals surface area contributed by atoms with Crippen LogP contribution < -0.4 is 5.84 Å². The molecule has 0 unspecified atom stereocenters. The quantitative estimate of drug-likeness (QED) is 0.577.